The van der Waals surface area contributed by atoms with Crippen LogP contribution in [0.25, 0.3) is 0 Å². The summed E-state index contributed by atoms with van der Waals surface area (Å²) >= 11 is 0. The molecule has 0 bridgehead atoms. The topological polar surface area (TPSA) is 86.8 Å². The summed E-state index contributed by atoms with van der Waals surface area (Å²) in [5.74, 6) is -1.57. The van der Waals surface area contributed by atoms with Crippen molar-refractivity contribution in [2.75, 3.05) is 10.8 Å². The van der Waals surface area contributed by atoms with E-state index in [0.29, 0.717) is 12.1 Å². The van der Waals surface area contributed by atoms with Crippen LogP contribution in [0.4, 0.5) is 10.1 Å². The van der Waals surface area contributed by atoms with Gasteiger partial charge in [-0.1, -0.05) is 61.0 Å². The first-order valence-corrected chi connectivity index (χ1v) is 14.0. The van der Waals surface area contributed by atoms with Crippen molar-refractivity contribution >= 4 is 27.5 Å². The smallest absolute Gasteiger partial charge is 0.264 e. The molecule has 2 amide bonds. The Balaban J connectivity index is 2.02. The van der Waals surface area contributed by atoms with Crippen molar-refractivity contribution in [1.82, 2.24) is 10.2 Å². The number of nitrogens with one attached hydrogen (secondary N) is 1. The number of aryl methyl sites for hydroxylation is 1. The summed E-state index contributed by atoms with van der Waals surface area (Å²) in [5.41, 5.74) is 1.45. The third-order valence-corrected chi connectivity index (χ3v) is 8.19. The van der Waals surface area contributed by atoms with Crippen LogP contribution in [0, 0.1) is 12.7 Å². The Bertz CT molecular complexity index is 1350. The lowest BCUT2D eigenvalue weighted by molar-refractivity contribution is -0.139. The predicted molar refractivity (Wildman–Crippen MR) is 146 cm³/mol. The van der Waals surface area contributed by atoms with Gasteiger partial charge in [0.2, 0.25) is 11.8 Å². The maximum atomic E-state index is 14.6. The van der Waals surface area contributed by atoms with Crippen molar-refractivity contribution in [1.29, 1.82) is 0 Å². The van der Waals surface area contributed by atoms with Crippen molar-refractivity contribution in [3.05, 3.63) is 95.8 Å². The molecule has 7 nitrogen and oxygen atoms in total. The quantitative estimate of drug-likeness (QED) is 0.384. The van der Waals surface area contributed by atoms with Crippen LogP contribution in [0.3, 0.4) is 0 Å². The van der Waals surface area contributed by atoms with E-state index in [1.165, 1.54) is 35.2 Å². The van der Waals surface area contributed by atoms with Gasteiger partial charge in [-0.15, -0.1) is 0 Å². The van der Waals surface area contributed by atoms with Gasteiger partial charge in [0.1, 0.15) is 18.4 Å². The summed E-state index contributed by atoms with van der Waals surface area (Å²) in [6, 6.07) is 19.5. The summed E-state index contributed by atoms with van der Waals surface area (Å²) in [6.07, 6.45) is 0.691. The lowest BCUT2D eigenvalue weighted by Gasteiger charge is -2.32. The maximum Gasteiger partial charge on any atom is 0.264 e. The third-order valence-electron chi connectivity index (χ3n) is 6.40. The van der Waals surface area contributed by atoms with Crippen molar-refractivity contribution in [3.63, 3.8) is 0 Å². The van der Waals surface area contributed by atoms with Crippen LogP contribution in [-0.4, -0.2) is 43.8 Å². The van der Waals surface area contributed by atoms with E-state index in [1.807, 2.05) is 20.8 Å². The Kier molecular flexibility index (Phi) is 9.63. The zero-order valence-electron chi connectivity index (χ0n) is 22.1. The first kappa shape index (κ1) is 28.8. The molecule has 1 N–H and O–H groups in total. The van der Waals surface area contributed by atoms with E-state index in [9.17, 15) is 22.4 Å². The zero-order valence-corrected chi connectivity index (χ0v) is 22.9. The van der Waals surface area contributed by atoms with Gasteiger partial charge >= 0.3 is 0 Å². The Morgan fingerprint density at radius 3 is 2.13 bits per heavy atom. The molecule has 0 aliphatic carbocycles. The fraction of sp³-hybridized carbons (Fsp3) is 0.310. The maximum absolute atomic E-state index is 14.6. The van der Waals surface area contributed by atoms with Crippen LogP contribution in [0.5, 0.6) is 0 Å². The first-order chi connectivity index (χ1) is 18.0. The summed E-state index contributed by atoms with van der Waals surface area (Å²) < 4.78 is 43.0. The second-order valence-electron chi connectivity index (χ2n) is 9.27. The monoisotopic (exact) mass is 539 g/mol. The molecule has 3 aromatic rings. The number of rotatable bonds is 11. The molecule has 202 valence electrons. The molecule has 0 saturated carbocycles. The van der Waals surface area contributed by atoms with Crippen LogP contribution in [0.1, 0.15) is 38.3 Å². The third kappa shape index (κ3) is 6.98. The molecule has 2 atom stereocenters. The molecular weight excluding hydrogens is 505 g/mol. The second kappa shape index (κ2) is 12.7. The number of carbonyl (C=O) groups excluding carboxylic acids is 2. The number of anilines is 1. The van der Waals surface area contributed by atoms with Crippen LogP contribution >= 0.6 is 0 Å². The Hall–Kier alpha value is -3.72. The predicted octanol–water partition coefficient (Wildman–Crippen LogP) is 4.66. The molecule has 0 aliphatic heterocycles. The van der Waals surface area contributed by atoms with Gasteiger partial charge in [0, 0.05) is 18.2 Å². The number of sulfonamides is 1. The molecular formula is C29H34FN3O4S. The number of nitrogens with zero attached hydrogens (tertiary/aromatic N) is 2. The van der Waals surface area contributed by atoms with E-state index in [-0.39, 0.29) is 23.0 Å². The van der Waals surface area contributed by atoms with Gasteiger partial charge in [0.25, 0.3) is 10.0 Å². The van der Waals surface area contributed by atoms with Crippen LogP contribution in [-0.2, 0) is 26.2 Å². The number of hydrogen-bond acceptors (Lipinski definition) is 4. The number of hydrogen-bond donors (Lipinski definition) is 1. The van der Waals surface area contributed by atoms with E-state index < -0.39 is 40.2 Å². The van der Waals surface area contributed by atoms with Gasteiger partial charge in [0.15, 0.2) is 0 Å². The van der Waals surface area contributed by atoms with Gasteiger partial charge in [-0.2, -0.15) is 0 Å². The van der Waals surface area contributed by atoms with Gasteiger partial charge in [-0.05, 0) is 57.5 Å². The molecule has 9 heteroatoms. The molecule has 0 aliphatic rings. The Labute approximate surface area is 224 Å². The van der Waals surface area contributed by atoms with E-state index in [2.05, 4.69) is 5.32 Å². The normalized spacial score (nSPS) is 12.9. The highest BCUT2D eigenvalue weighted by Gasteiger charge is 2.33. The molecule has 0 aromatic heterocycles. The Morgan fingerprint density at radius 1 is 0.921 bits per heavy atom. The number of benzene rings is 3. The molecule has 0 radical (unpaired) electrons. The Morgan fingerprint density at radius 2 is 1.53 bits per heavy atom. The second-order valence-corrected chi connectivity index (χ2v) is 11.1. The van der Waals surface area contributed by atoms with Gasteiger partial charge in [0.05, 0.1) is 10.6 Å². The lowest BCUT2D eigenvalue weighted by atomic mass is 10.1. The standard InChI is InChI=1S/C29H34FN3O4S/c1-5-22(3)31-29(35)23(4)32(19-24-11-9-10-14-27(24)30)28(34)20-33(25-17-15-21(2)16-18-25)38(36,37)26-12-7-6-8-13-26/h6-18,22-23H,5,19-20H2,1-4H3,(H,31,35). The largest absolute Gasteiger partial charge is 0.352 e. The SMILES string of the molecule is CCC(C)NC(=O)C(C)N(Cc1ccccc1F)C(=O)CN(c1ccc(C)cc1)S(=O)(=O)c1ccccc1. The van der Waals surface area contributed by atoms with Gasteiger partial charge in [-0.3, -0.25) is 13.9 Å². The minimum absolute atomic E-state index is 0.0246. The van der Waals surface area contributed by atoms with Crippen molar-refractivity contribution in [2.45, 2.75) is 57.6 Å². The highest BCUT2D eigenvalue weighted by Crippen LogP contribution is 2.25. The van der Waals surface area contributed by atoms with Crippen molar-refractivity contribution < 1.29 is 22.4 Å². The van der Waals surface area contributed by atoms with E-state index in [1.54, 1.807) is 55.5 Å². The molecule has 0 saturated heterocycles. The summed E-state index contributed by atoms with van der Waals surface area (Å²) in [7, 11) is -4.13. The molecule has 0 fully saturated rings. The molecule has 2 unspecified atom stereocenters. The number of carbonyl (C=O) groups is 2. The van der Waals surface area contributed by atoms with Crippen LogP contribution in [0.2, 0.25) is 0 Å². The molecule has 0 heterocycles. The van der Waals surface area contributed by atoms with Crippen LogP contribution in [0.15, 0.2) is 83.8 Å². The number of amides is 2. The minimum Gasteiger partial charge on any atom is -0.352 e. The van der Waals surface area contributed by atoms with Crippen molar-refractivity contribution in [2.24, 2.45) is 0 Å². The highest BCUT2D eigenvalue weighted by molar-refractivity contribution is 7.92. The summed E-state index contributed by atoms with van der Waals surface area (Å²) in [4.78, 5) is 28.1. The van der Waals surface area contributed by atoms with Gasteiger partial charge in [-0.25, -0.2) is 12.8 Å². The van der Waals surface area contributed by atoms with E-state index in [4.69, 9.17) is 0 Å². The molecule has 38 heavy (non-hydrogen) atoms. The van der Waals surface area contributed by atoms with Crippen LogP contribution < -0.4 is 9.62 Å². The number of halogens is 1. The zero-order chi connectivity index (χ0) is 27.9. The lowest BCUT2D eigenvalue weighted by Crippen LogP contribution is -2.52. The highest BCUT2D eigenvalue weighted by atomic mass is 32.2. The first-order valence-electron chi connectivity index (χ1n) is 12.5. The van der Waals surface area contributed by atoms with E-state index >= 15 is 0 Å². The average Bonchev–Trinajstić information content (AvgIpc) is 2.91. The van der Waals surface area contributed by atoms with Gasteiger partial charge < -0.3 is 10.2 Å². The molecule has 0 spiro atoms. The van der Waals surface area contributed by atoms with Crippen molar-refractivity contribution in [3.8, 4) is 0 Å². The molecule has 3 aromatic carbocycles. The fourth-order valence-corrected chi connectivity index (χ4v) is 5.25. The fourth-order valence-electron chi connectivity index (χ4n) is 3.82. The summed E-state index contributed by atoms with van der Waals surface area (Å²) in [5, 5.41) is 2.85. The van der Waals surface area contributed by atoms with E-state index in [0.717, 1.165) is 9.87 Å². The summed E-state index contributed by atoms with van der Waals surface area (Å²) in [6.45, 7) is 6.42. The molecule has 3 rings (SSSR count). The minimum atomic E-state index is -4.13. The average molecular weight is 540 g/mol.